The van der Waals surface area contributed by atoms with Crippen molar-refractivity contribution in [3.63, 3.8) is 0 Å². The zero-order valence-electron chi connectivity index (χ0n) is 12.4. The molecule has 0 heterocycles. The number of rotatable bonds is 8. The average molecular weight is 318 g/mol. The highest BCUT2D eigenvalue weighted by Crippen LogP contribution is 2.17. The quantitative estimate of drug-likeness (QED) is 0.788. The maximum absolute atomic E-state index is 12.1. The third kappa shape index (κ3) is 6.73. The Morgan fingerprint density at radius 1 is 1.15 bits per heavy atom. The third-order valence-corrected chi connectivity index (χ3v) is 4.92. The molecule has 1 atom stereocenters. The molecule has 0 saturated carbocycles. The van der Waals surface area contributed by atoms with Crippen molar-refractivity contribution in [1.82, 2.24) is 4.72 Å². The molecule has 0 amide bonds. The van der Waals surface area contributed by atoms with Crippen molar-refractivity contribution in [1.29, 1.82) is 0 Å². The van der Waals surface area contributed by atoms with Crippen molar-refractivity contribution in [3.8, 4) is 0 Å². The largest absolute Gasteiger partial charge is 0.216 e. The maximum atomic E-state index is 12.1. The standard InChI is InChI=1S/C15H24ClNO2S/c1-12(2)7-6-8-13(3)17-20(18,19)11-14-9-4-5-10-15(14)16/h4-5,9-10,12-13,17H,6-8,11H2,1-3H3. The van der Waals surface area contributed by atoms with Gasteiger partial charge in [-0.1, -0.05) is 56.5 Å². The van der Waals surface area contributed by atoms with Gasteiger partial charge in [0.05, 0.1) is 5.75 Å². The summed E-state index contributed by atoms with van der Waals surface area (Å²) in [6, 6.07) is 6.99. The molecular formula is C15H24ClNO2S. The van der Waals surface area contributed by atoms with Crippen LogP contribution in [-0.4, -0.2) is 14.5 Å². The molecule has 1 unspecified atom stereocenters. The lowest BCUT2D eigenvalue weighted by Gasteiger charge is -2.15. The van der Waals surface area contributed by atoms with Crippen LogP contribution < -0.4 is 4.72 Å². The van der Waals surface area contributed by atoms with Gasteiger partial charge in [0.15, 0.2) is 0 Å². The van der Waals surface area contributed by atoms with Crippen molar-refractivity contribution in [3.05, 3.63) is 34.9 Å². The van der Waals surface area contributed by atoms with Gasteiger partial charge in [0.1, 0.15) is 0 Å². The Morgan fingerprint density at radius 3 is 2.40 bits per heavy atom. The van der Waals surface area contributed by atoms with Crippen LogP contribution in [0.25, 0.3) is 0 Å². The molecule has 0 aromatic heterocycles. The van der Waals surface area contributed by atoms with Crippen LogP contribution in [0.4, 0.5) is 0 Å². The van der Waals surface area contributed by atoms with Crippen LogP contribution in [0.3, 0.4) is 0 Å². The second kappa shape index (κ2) is 8.01. The second-order valence-electron chi connectivity index (χ2n) is 5.69. The van der Waals surface area contributed by atoms with Gasteiger partial charge in [-0.2, -0.15) is 0 Å². The molecule has 1 aromatic rings. The zero-order chi connectivity index (χ0) is 15.2. The first-order chi connectivity index (χ1) is 9.30. The first-order valence-corrected chi connectivity index (χ1v) is 9.06. The van der Waals surface area contributed by atoms with Gasteiger partial charge >= 0.3 is 0 Å². The molecule has 1 N–H and O–H groups in total. The average Bonchev–Trinajstić information content (AvgIpc) is 2.30. The number of halogens is 1. The first-order valence-electron chi connectivity index (χ1n) is 7.03. The van der Waals surface area contributed by atoms with Crippen molar-refractivity contribution in [2.45, 2.75) is 51.8 Å². The van der Waals surface area contributed by atoms with Gasteiger partial charge in [-0.05, 0) is 30.9 Å². The minimum atomic E-state index is -3.34. The lowest BCUT2D eigenvalue weighted by Crippen LogP contribution is -2.33. The molecule has 0 saturated heterocycles. The highest BCUT2D eigenvalue weighted by Gasteiger charge is 2.16. The van der Waals surface area contributed by atoms with E-state index in [1.54, 1.807) is 24.3 Å². The Morgan fingerprint density at radius 2 is 1.80 bits per heavy atom. The van der Waals surface area contributed by atoms with Gasteiger partial charge in [0.2, 0.25) is 10.0 Å². The van der Waals surface area contributed by atoms with Crippen LogP contribution in [0.1, 0.15) is 45.6 Å². The smallest absolute Gasteiger partial charge is 0.212 e. The summed E-state index contributed by atoms with van der Waals surface area (Å²) in [5.41, 5.74) is 0.635. The maximum Gasteiger partial charge on any atom is 0.216 e. The van der Waals surface area contributed by atoms with Crippen molar-refractivity contribution < 1.29 is 8.42 Å². The fourth-order valence-corrected chi connectivity index (χ4v) is 3.82. The molecule has 0 aliphatic heterocycles. The molecule has 0 fully saturated rings. The minimum absolute atomic E-state index is 0.0405. The lowest BCUT2D eigenvalue weighted by atomic mass is 10.0. The van der Waals surface area contributed by atoms with E-state index < -0.39 is 10.0 Å². The second-order valence-corrected chi connectivity index (χ2v) is 7.86. The summed E-state index contributed by atoms with van der Waals surface area (Å²) in [6.07, 6.45) is 3.02. The predicted octanol–water partition coefficient (Wildman–Crippen LogP) is 3.97. The topological polar surface area (TPSA) is 46.2 Å². The Bertz CT molecular complexity index is 514. The molecule has 0 aliphatic rings. The number of benzene rings is 1. The van der Waals surface area contributed by atoms with Gasteiger partial charge in [-0.15, -0.1) is 0 Å². The normalized spacial score (nSPS) is 13.7. The van der Waals surface area contributed by atoms with Crippen molar-refractivity contribution >= 4 is 21.6 Å². The SMILES string of the molecule is CC(C)CCCC(C)NS(=O)(=O)Cc1ccccc1Cl. The summed E-state index contributed by atoms with van der Waals surface area (Å²) < 4.78 is 26.9. The molecule has 114 valence electrons. The summed E-state index contributed by atoms with van der Waals surface area (Å²) >= 11 is 5.99. The van der Waals surface area contributed by atoms with Crippen LogP contribution in [0, 0.1) is 5.92 Å². The summed E-state index contributed by atoms with van der Waals surface area (Å²) in [7, 11) is -3.34. The first kappa shape index (κ1) is 17.5. The van der Waals surface area contributed by atoms with E-state index in [1.165, 1.54) is 0 Å². The fourth-order valence-electron chi connectivity index (χ4n) is 2.06. The molecule has 1 rings (SSSR count). The number of hydrogen-bond donors (Lipinski definition) is 1. The molecule has 20 heavy (non-hydrogen) atoms. The Kier molecular flexibility index (Phi) is 7.00. The van der Waals surface area contributed by atoms with Gasteiger partial charge in [-0.3, -0.25) is 0 Å². The van der Waals surface area contributed by atoms with E-state index in [4.69, 9.17) is 11.6 Å². The summed E-state index contributed by atoms with van der Waals surface area (Å²) in [4.78, 5) is 0. The van der Waals surface area contributed by atoms with Gasteiger partial charge in [-0.25, -0.2) is 13.1 Å². The van der Waals surface area contributed by atoms with E-state index in [1.807, 2.05) is 6.92 Å². The Hall–Kier alpha value is -0.580. The fraction of sp³-hybridized carbons (Fsp3) is 0.600. The van der Waals surface area contributed by atoms with Crippen LogP contribution >= 0.6 is 11.6 Å². The van der Waals surface area contributed by atoms with E-state index in [0.29, 0.717) is 16.5 Å². The summed E-state index contributed by atoms with van der Waals surface area (Å²) in [6.45, 7) is 6.25. The van der Waals surface area contributed by atoms with E-state index >= 15 is 0 Å². The molecule has 5 heteroatoms. The molecule has 0 aliphatic carbocycles. The Labute approximate surface area is 127 Å². The zero-order valence-corrected chi connectivity index (χ0v) is 14.0. The predicted molar refractivity (Wildman–Crippen MR) is 85.4 cm³/mol. The summed E-state index contributed by atoms with van der Waals surface area (Å²) in [5, 5.41) is 0.491. The van der Waals surface area contributed by atoms with Gasteiger partial charge < -0.3 is 0 Å². The van der Waals surface area contributed by atoms with Crippen molar-refractivity contribution in [2.75, 3.05) is 0 Å². The van der Waals surface area contributed by atoms with Crippen LogP contribution in [0.15, 0.2) is 24.3 Å². The van der Waals surface area contributed by atoms with Crippen LogP contribution in [-0.2, 0) is 15.8 Å². The van der Waals surface area contributed by atoms with E-state index in [2.05, 4.69) is 18.6 Å². The molecular weight excluding hydrogens is 294 g/mol. The molecule has 1 aromatic carbocycles. The van der Waals surface area contributed by atoms with Gasteiger partial charge in [0, 0.05) is 11.1 Å². The van der Waals surface area contributed by atoms with E-state index in [9.17, 15) is 8.42 Å². The molecule has 0 radical (unpaired) electrons. The molecule has 3 nitrogen and oxygen atoms in total. The van der Waals surface area contributed by atoms with E-state index in [0.717, 1.165) is 19.3 Å². The summed E-state index contributed by atoms with van der Waals surface area (Å²) in [5.74, 6) is 0.586. The van der Waals surface area contributed by atoms with Crippen LogP contribution in [0.5, 0.6) is 0 Å². The third-order valence-electron chi connectivity index (χ3n) is 3.10. The van der Waals surface area contributed by atoms with Crippen molar-refractivity contribution in [2.24, 2.45) is 5.92 Å². The molecule has 0 bridgehead atoms. The highest BCUT2D eigenvalue weighted by molar-refractivity contribution is 7.88. The number of nitrogens with one attached hydrogen (secondary N) is 1. The van der Waals surface area contributed by atoms with E-state index in [-0.39, 0.29) is 11.8 Å². The van der Waals surface area contributed by atoms with Crippen LogP contribution in [0.2, 0.25) is 5.02 Å². The number of hydrogen-bond acceptors (Lipinski definition) is 2. The lowest BCUT2D eigenvalue weighted by molar-refractivity contribution is 0.488. The highest BCUT2D eigenvalue weighted by atomic mass is 35.5. The number of sulfonamides is 1. The van der Waals surface area contributed by atoms with Gasteiger partial charge in [0.25, 0.3) is 0 Å². The monoisotopic (exact) mass is 317 g/mol. The molecule has 0 spiro atoms. The Balaban J connectivity index is 2.51. The minimum Gasteiger partial charge on any atom is -0.212 e.